The molecular weight excluding hydrogens is 266 g/mol. The second-order valence-electron chi connectivity index (χ2n) is 6.11. The molecule has 4 heteroatoms. The van der Waals surface area contributed by atoms with Crippen LogP contribution in [0.15, 0.2) is 29.2 Å². The van der Waals surface area contributed by atoms with E-state index in [4.69, 9.17) is 0 Å². The molecule has 1 saturated heterocycles. The molecule has 0 radical (unpaired) electrons. The van der Waals surface area contributed by atoms with Crippen LogP contribution in [0.5, 0.6) is 0 Å². The number of rotatable bonds is 4. The molecule has 1 fully saturated rings. The average Bonchev–Trinajstić information content (AvgIpc) is 2.85. The van der Waals surface area contributed by atoms with Gasteiger partial charge in [-0.15, -0.1) is 11.8 Å². The Kier molecular flexibility index (Phi) is 4.66. The van der Waals surface area contributed by atoms with E-state index in [0.29, 0.717) is 11.3 Å². The summed E-state index contributed by atoms with van der Waals surface area (Å²) in [5, 5.41) is 4.40. The SMILES string of the molecule is CN1CCN(C)C(CNCC2Cc3ccccc3S2)C1. The monoisotopic (exact) mass is 291 g/mol. The Morgan fingerprint density at radius 2 is 2.05 bits per heavy atom. The Morgan fingerprint density at radius 3 is 2.90 bits per heavy atom. The first-order chi connectivity index (χ1) is 9.72. The number of fused-ring (bicyclic) bond motifs is 1. The van der Waals surface area contributed by atoms with Crippen LogP contribution in [0.4, 0.5) is 0 Å². The average molecular weight is 291 g/mol. The standard InChI is InChI=1S/C16H25N3S/c1-18-7-8-19(2)14(12-18)10-17-11-15-9-13-5-3-4-6-16(13)20-15/h3-6,14-15,17H,7-12H2,1-2H3. The minimum atomic E-state index is 0.655. The number of piperazine rings is 1. The molecule has 0 spiro atoms. The maximum atomic E-state index is 3.69. The summed E-state index contributed by atoms with van der Waals surface area (Å²) in [6.45, 7) is 5.79. The molecule has 2 atom stereocenters. The van der Waals surface area contributed by atoms with Gasteiger partial charge in [-0.1, -0.05) is 18.2 Å². The summed E-state index contributed by atoms with van der Waals surface area (Å²) in [6.07, 6.45) is 1.22. The fourth-order valence-electron chi connectivity index (χ4n) is 3.10. The highest BCUT2D eigenvalue weighted by molar-refractivity contribution is 8.00. The Morgan fingerprint density at radius 1 is 1.20 bits per heavy atom. The molecule has 110 valence electrons. The van der Waals surface area contributed by atoms with E-state index in [-0.39, 0.29) is 0 Å². The van der Waals surface area contributed by atoms with E-state index >= 15 is 0 Å². The summed E-state index contributed by atoms with van der Waals surface area (Å²) in [5.74, 6) is 0. The Labute approximate surface area is 126 Å². The molecule has 0 amide bonds. The van der Waals surface area contributed by atoms with Crippen LogP contribution in [0.1, 0.15) is 5.56 Å². The highest BCUT2D eigenvalue weighted by atomic mass is 32.2. The zero-order valence-electron chi connectivity index (χ0n) is 12.5. The van der Waals surface area contributed by atoms with Crippen molar-refractivity contribution in [3.63, 3.8) is 0 Å². The number of thioether (sulfide) groups is 1. The van der Waals surface area contributed by atoms with Gasteiger partial charge in [0, 0.05) is 48.9 Å². The first kappa shape index (κ1) is 14.4. The molecular formula is C16H25N3S. The number of nitrogens with one attached hydrogen (secondary N) is 1. The van der Waals surface area contributed by atoms with Crippen molar-refractivity contribution < 1.29 is 0 Å². The van der Waals surface area contributed by atoms with Gasteiger partial charge in [0.25, 0.3) is 0 Å². The van der Waals surface area contributed by atoms with Crippen LogP contribution in [0.3, 0.4) is 0 Å². The molecule has 0 saturated carbocycles. The largest absolute Gasteiger partial charge is 0.314 e. The lowest BCUT2D eigenvalue weighted by Crippen LogP contribution is -2.54. The van der Waals surface area contributed by atoms with Gasteiger partial charge in [-0.25, -0.2) is 0 Å². The third kappa shape index (κ3) is 3.37. The Balaban J connectivity index is 1.43. The predicted molar refractivity (Wildman–Crippen MR) is 86.6 cm³/mol. The van der Waals surface area contributed by atoms with Crippen LogP contribution in [0.2, 0.25) is 0 Å². The van der Waals surface area contributed by atoms with Crippen LogP contribution in [-0.4, -0.2) is 67.9 Å². The number of hydrogen-bond donors (Lipinski definition) is 1. The van der Waals surface area contributed by atoms with Crippen LogP contribution >= 0.6 is 11.8 Å². The Hall–Kier alpha value is -0.550. The molecule has 2 unspecified atom stereocenters. The molecule has 1 N–H and O–H groups in total. The normalized spacial score (nSPS) is 27.7. The minimum Gasteiger partial charge on any atom is -0.314 e. The number of nitrogens with zero attached hydrogens (tertiary/aromatic N) is 2. The lowest BCUT2D eigenvalue weighted by Gasteiger charge is -2.38. The van der Waals surface area contributed by atoms with Gasteiger partial charge in [0.1, 0.15) is 0 Å². The molecule has 3 nitrogen and oxygen atoms in total. The molecule has 3 rings (SSSR count). The van der Waals surface area contributed by atoms with Gasteiger partial charge in [-0.3, -0.25) is 4.90 Å². The first-order valence-electron chi connectivity index (χ1n) is 7.56. The van der Waals surface area contributed by atoms with Crippen molar-refractivity contribution >= 4 is 11.8 Å². The van der Waals surface area contributed by atoms with E-state index in [1.54, 1.807) is 0 Å². The summed E-state index contributed by atoms with van der Waals surface area (Å²) in [7, 11) is 4.48. The van der Waals surface area contributed by atoms with Gasteiger partial charge in [-0.2, -0.15) is 0 Å². The van der Waals surface area contributed by atoms with Crippen LogP contribution < -0.4 is 5.32 Å². The zero-order valence-corrected chi connectivity index (χ0v) is 13.3. The van der Waals surface area contributed by atoms with Gasteiger partial charge in [0.2, 0.25) is 0 Å². The minimum absolute atomic E-state index is 0.655. The van der Waals surface area contributed by atoms with E-state index in [1.165, 1.54) is 36.5 Å². The van der Waals surface area contributed by atoms with Crippen molar-refractivity contribution in [2.45, 2.75) is 22.6 Å². The van der Waals surface area contributed by atoms with E-state index < -0.39 is 0 Å². The van der Waals surface area contributed by atoms with Gasteiger partial charge in [0.05, 0.1) is 0 Å². The maximum absolute atomic E-state index is 3.69. The summed E-state index contributed by atoms with van der Waals surface area (Å²) in [4.78, 5) is 6.41. The van der Waals surface area contributed by atoms with Crippen LogP contribution in [0.25, 0.3) is 0 Å². The summed E-state index contributed by atoms with van der Waals surface area (Å²) >= 11 is 2.04. The van der Waals surface area contributed by atoms with Crippen molar-refractivity contribution in [3.8, 4) is 0 Å². The second-order valence-corrected chi connectivity index (χ2v) is 7.45. The summed E-state index contributed by atoms with van der Waals surface area (Å²) < 4.78 is 0. The van der Waals surface area contributed by atoms with Crippen molar-refractivity contribution in [2.75, 3.05) is 46.8 Å². The van der Waals surface area contributed by atoms with Crippen LogP contribution in [0, 0.1) is 0 Å². The number of benzene rings is 1. The maximum Gasteiger partial charge on any atom is 0.0345 e. The smallest absolute Gasteiger partial charge is 0.0345 e. The molecule has 2 heterocycles. The summed E-state index contributed by atoms with van der Waals surface area (Å²) in [5.41, 5.74) is 1.53. The summed E-state index contributed by atoms with van der Waals surface area (Å²) in [6, 6.07) is 9.48. The first-order valence-corrected chi connectivity index (χ1v) is 8.44. The van der Waals surface area contributed by atoms with Gasteiger partial charge >= 0.3 is 0 Å². The van der Waals surface area contributed by atoms with Gasteiger partial charge in [-0.05, 0) is 32.1 Å². The quantitative estimate of drug-likeness (QED) is 0.906. The lowest BCUT2D eigenvalue weighted by molar-refractivity contribution is 0.113. The van der Waals surface area contributed by atoms with E-state index in [1.807, 2.05) is 11.8 Å². The molecule has 0 aliphatic carbocycles. The predicted octanol–water partition coefficient (Wildman–Crippen LogP) is 1.54. The molecule has 0 aromatic heterocycles. The molecule has 1 aromatic carbocycles. The third-order valence-electron chi connectivity index (χ3n) is 4.45. The van der Waals surface area contributed by atoms with Gasteiger partial charge in [0.15, 0.2) is 0 Å². The molecule has 1 aromatic rings. The van der Waals surface area contributed by atoms with Crippen molar-refractivity contribution in [1.29, 1.82) is 0 Å². The van der Waals surface area contributed by atoms with E-state index in [2.05, 4.69) is 53.5 Å². The molecule has 2 aliphatic heterocycles. The molecule has 0 bridgehead atoms. The van der Waals surface area contributed by atoms with Crippen molar-refractivity contribution in [1.82, 2.24) is 15.1 Å². The van der Waals surface area contributed by atoms with Crippen molar-refractivity contribution in [3.05, 3.63) is 29.8 Å². The van der Waals surface area contributed by atoms with Crippen LogP contribution in [-0.2, 0) is 6.42 Å². The highest BCUT2D eigenvalue weighted by Crippen LogP contribution is 2.36. The molecule has 2 aliphatic rings. The van der Waals surface area contributed by atoms with Crippen molar-refractivity contribution in [2.24, 2.45) is 0 Å². The van der Waals surface area contributed by atoms with E-state index in [9.17, 15) is 0 Å². The zero-order chi connectivity index (χ0) is 13.9. The number of likely N-dealkylation sites (N-methyl/N-ethyl adjacent to an activating group) is 2. The topological polar surface area (TPSA) is 18.5 Å². The highest BCUT2D eigenvalue weighted by Gasteiger charge is 2.24. The molecule has 20 heavy (non-hydrogen) atoms. The second kappa shape index (κ2) is 6.48. The lowest BCUT2D eigenvalue weighted by atomic mass is 10.1. The van der Waals surface area contributed by atoms with Gasteiger partial charge < -0.3 is 10.2 Å². The fourth-order valence-corrected chi connectivity index (χ4v) is 4.38. The fraction of sp³-hybridized carbons (Fsp3) is 0.625. The Bertz CT molecular complexity index is 426. The van der Waals surface area contributed by atoms with E-state index in [0.717, 1.165) is 13.1 Å². The third-order valence-corrected chi connectivity index (χ3v) is 5.76. The number of hydrogen-bond acceptors (Lipinski definition) is 4.